The molecule has 0 aliphatic heterocycles. The molecule has 2 aromatic rings. The molecule has 2 aromatic carbocycles. The number of para-hydroxylation sites is 1. The van der Waals surface area contributed by atoms with E-state index in [4.69, 9.17) is 14.2 Å². The number of carbonyl (C=O) groups excluding carboxylic acids is 3. The normalized spacial score (nSPS) is 10.3. The zero-order valence-corrected chi connectivity index (χ0v) is 19.2. The second-order valence-corrected chi connectivity index (χ2v) is 7.39. The number of hydrogen-bond acceptors (Lipinski definition) is 7. The Labute approximate surface area is 192 Å². The lowest BCUT2D eigenvalue weighted by Crippen LogP contribution is -2.45. The molecule has 176 valence electrons. The van der Waals surface area contributed by atoms with Gasteiger partial charge in [0, 0.05) is 13.0 Å². The lowest BCUT2D eigenvalue weighted by Gasteiger charge is -2.15. The molecule has 0 heterocycles. The maximum absolute atomic E-state index is 12.1. The molecule has 0 radical (unpaired) electrons. The van der Waals surface area contributed by atoms with Gasteiger partial charge in [0.25, 0.3) is 0 Å². The van der Waals surface area contributed by atoms with E-state index in [9.17, 15) is 14.4 Å². The number of rotatable bonds is 6. The first-order valence-corrected chi connectivity index (χ1v) is 10.3. The van der Waals surface area contributed by atoms with Crippen molar-refractivity contribution in [1.29, 1.82) is 0 Å². The highest BCUT2D eigenvalue weighted by Crippen LogP contribution is 2.32. The van der Waals surface area contributed by atoms with Crippen LogP contribution in [0.2, 0.25) is 0 Å². The molecule has 0 saturated carbocycles. The molecule has 3 amide bonds. The zero-order chi connectivity index (χ0) is 24.4. The third-order valence-electron chi connectivity index (χ3n) is 3.62. The second kappa shape index (κ2) is 12.1. The molecule has 0 atom stereocenters. The number of hydrogen-bond donors (Lipinski definition) is 3. The molecule has 0 unspecified atom stereocenters. The van der Waals surface area contributed by atoms with Gasteiger partial charge in [-0.3, -0.25) is 15.4 Å². The molecular formula is C23H28N4O6. The van der Waals surface area contributed by atoms with E-state index in [-0.39, 0.29) is 17.6 Å². The Morgan fingerprint density at radius 3 is 1.91 bits per heavy atom. The quantitative estimate of drug-likeness (QED) is 0.427. The highest BCUT2D eigenvalue weighted by Gasteiger charge is 2.16. The Bertz CT molecular complexity index is 979. The van der Waals surface area contributed by atoms with Crippen LogP contribution >= 0.6 is 0 Å². The summed E-state index contributed by atoms with van der Waals surface area (Å²) in [4.78, 5) is 40.2. The van der Waals surface area contributed by atoms with E-state index in [0.717, 1.165) is 0 Å². The molecule has 10 nitrogen and oxygen atoms in total. The van der Waals surface area contributed by atoms with Gasteiger partial charge in [-0.05, 0) is 52.0 Å². The van der Waals surface area contributed by atoms with Crippen molar-refractivity contribution in [3.8, 4) is 11.5 Å². The van der Waals surface area contributed by atoms with Crippen LogP contribution in [0.1, 0.15) is 34.6 Å². The zero-order valence-electron chi connectivity index (χ0n) is 19.2. The van der Waals surface area contributed by atoms with Gasteiger partial charge in [0.15, 0.2) is 0 Å². The highest BCUT2D eigenvalue weighted by molar-refractivity contribution is 6.03. The van der Waals surface area contributed by atoms with Crippen molar-refractivity contribution in [3.63, 3.8) is 0 Å². The third kappa shape index (κ3) is 9.30. The van der Waals surface area contributed by atoms with Crippen molar-refractivity contribution in [2.75, 3.05) is 5.32 Å². The molecule has 0 aromatic heterocycles. The largest absolute Gasteiger partial charge is 0.457 e. The van der Waals surface area contributed by atoms with Gasteiger partial charge in [0.1, 0.15) is 11.5 Å². The molecule has 0 fully saturated rings. The predicted molar refractivity (Wildman–Crippen MR) is 124 cm³/mol. The Morgan fingerprint density at radius 2 is 1.39 bits per heavy atom. The summed E-state index contributed by atoms with van der Waals surface area (Å²) in [5, 5.41) is 7.40. The fraction of sp³-hybridized carbons (Fsp3) is 0.304. The maximum atomic E-state index is 12.1. The molecule has 0 saturated heterocycles. The summed E-state index contributed by atoms with van der Waals surface area (Å²) in [5.41, 5.74) is 0.543. The van der Waals surface area contributed by atoms with Gasteiger partial charge in [-0.2, -0.15) is 0 Å². The van der Waals surface area contributed by atoms with Crippen molar-refractivity contribution in [1.82, 2.24) is 10.6 Å². The number of anilines is 1. The number of aliphatic imine (C=N–C) groups is 1. The number of alkyl carbamates (subject to hydrolysis) is 2. The van der Waals surface area contributed by atoms with Crippen molar-refractivity contribution in [2.45, 2.75) is 46.8 Å². The Morgan fingerprint density at radius 1 is 0.818 bits per heavy atom. The Kier molecular flexibility index (Phi) is 9.22. The van der Waals surface area contributed by atoms with Crippen molar-refractivity contribution < 1.29 is 28.6 Å². The first-order chi connectivity index (χ1) is 15.6. The Hall–Kier alpha value is -4.08. The van der Waals surface area contributed by atoms with Crippen LogP contribution in [0.4, 0.5) is 21.0 Å². The molecule has 2 rings (SSSR count). The van der Waals surface area contributed by atoms with E-state index in [1.165, 1.54) is 6.92 Å². The molecule has 0 aliphatic rings. The SMILES string of the molecule is CC(=O)Nc1cc(Oc2ccccc2)ccc1N=C(NC(=O)OC(C)C)NC(=O)OC(C)C. The van der Waals surface area contributed by atoms with Crippen LogP contribution in [0.15, 0.2) is 53.5 Å². The summed E-state index contributed by atoms with van der Waals surface area (Å²) in [6.45, 7) is 8.05. The molecule has 3 N–H and O–H groups in total. The molecule has 10 heteroatoms. The van der Waals surface area contributed by atoms with E-state index in [1.54, 1.807) is 58.0 Å². The fourth-order valence-corrected chi connectivity index (χ4v) is 2.48. The van der Waals surface area contributed by atoms with E-state index in [2.05, 4.69) is 20.9 Å². The van der Waals surface area contributed by atoms with Crippen LogP contribution < -0.4 is 20.7 Å². The minimum Gasteiger partial charge on any atom is -0.457 e. The van der Waals surface area contributed by atoms with Crippen LogP contribution in [-0.2, 0) is 14.3 Å². The van der Waals surface area contributed by atoms with Crippen molar-refractivity contribution in [2.24, 2.45) is 4.99 Å². The maximum Gasteiger partial charge on any atom is 0.414 e. The minimum absolute atomic E-state index is 0.241. The van der Waals surface area contributed by atoms with Crippen LogP contribution in [-0.4, -0.2) is 36.3 Å². The summed E-state index contributed by atoms with van der Waals surface area (Å²) < 4.78 is 15.9. The molecule has 0 bridgehead atoms. The number of ether oxygens (including phenoxy) is 3. The summed E-state index contributed by atoms with van der Waals surface area (Å²) in [7, 11) is 0. The second-order valence-electron chi connectivity index (χ2n) is 7.39. The third-order valence-corrected chi connectivity index (χ3v) is 3.62. The summed E-state index contributed by atoms with van der Waals surface area (Å²) in [6.07, 6.45) is -2.42. The number of amides is 3. The van der Waals surface area contributed by atoms with E-state index in [0.29, 0.717) is 17.2 Å². The average molecular weight is 456 g/mol. The summed E-state index contributed by atoms with van der Waals surface area (Å²) in [5.74, 6) is 0.475. The standard InChI is InChI=1S/C23H28N4O6/c1-14(2)31-22(29)26-21(27-23(30)32-15(3)4)25-19-12-11-18(13-20(19)24-16(5)28)33-17-9-7-6-8-10-17/h6-15H,1-5H3,(H,24,28)(H2,25,26,27,29,30). The number of carbonyl (C=O) groups is 3. The smallest absolute Gasteiger partial charge is 0.414 e. The summed E-state index contributed by atoms with van der Waals surface area (Å²) in [6, 6.07) is 13.9. The van der Waals surface area contributed by atoms with Gasteiger partial charge in [-0.15, -0.1) is 0 Å². The van der Waals surface area contributed by atoms with Crippen LogP contribution in [0.25, 0.3) is 0 Å². The number of benzene rings is 2. The minimum atomic E-state index is -0.821. The van der Waals surface area contributed by atoms with E-state index >= 15 is 0 Å². The van der Waals surface area contributed by atoms with Gasteiger partial charge < -0.3 is 19.5 Å². The lowest BCUT2D eigenvalue weighted by atomic mass is 10.2. The van der Waals surface area contributed by atoms with E-state index in [1.807, 2.05) is 18.2 Å². The lowest BCUT2D eigenvalue weighted by molar-refractivity contribution is -0.114. The molecule has 33 heavy (non-hydrogen) atoms. The fourth-order valence-electron chi connectivity index (χ4n) is 2.48. The van der Waals surface area contributed by atoms with Crippen LogP contribution in [0.3, 0.4) is 0 Å². The Balaban J connectivity index is 2.37. The molecule has 0 spiro atoms. The van der Waals surface area contributed by atoms with Gasteiger partial charge >= 0.3 is 12.2 Å². The molecular weight excluding hydrogens is 428 g/mol. The van der Waals surface area contributed by atoms with Gasteiger partial charge in [-0.25, -0.2) is 14.6 Å². The topological polar surface area (TPSA) is 127 Å². The van der Waals surface area contributed by atoms with E-state index < -0.39 is 24.4 Å². The average Bonchev–Trinajstić information content (AvgIpc) is 2.69. The highest BCUT2D eigenvalue weighted by atomic mass is 16.6. The van der Waals surface area contributed by atoms with Crippen molar-refractivity contribution in [3.05, 3.63) is 48.5 Å². The predicted octanol–water partition coefficient (Wildman–Crippen LogP) is 4.69. The van der Waals surface area contributed by atoms with Gasteiger partial charge in [0.2, 0.25) is 11.9 Å². The first-order valence-electron chi connectivity index (χ1n) is 10.3. The molecule has 0 aliphatic carbocycles. The summed E-state index contributed by atoms with van der Waals surface area (Å²) >= 11 is 0. The van der Waals surface area contributed by atoms with Gasteiger partial charge in [0.05, 0.1) is 23.6 Å². The number of nitrogens with one attached hydrogen (secondary N) is 3. The number of nitrogens with zero attached hydrogens (tertiary/aromatic N) is 1. The van der Waals surface area contributed by atoms with Crippen molar-refractivity contribution >= 4 is 35.4 Å². The first kappa shape index (κ1) is 25.2. The number of guanidine groups is 1. The van der Waals surface area contributed by atoms with Crippen LogP contribution in [0.5, 0.6) is 11.5 Å². The van der Waals surface area contributed by atoms with Gasteiger partial charge in [-0.1, -0.05) is 18.2 Å². The van der Waals surface area contributed by atoms with Crippen LogP contribution in [0, 0.1) is 0 Å². The monoisotopic (exact) mass is 456 g/mol.